The molecular weight excluding hydrogens is 342 g/mol. The molecular formula is C22H31NO4. The minimum Gasteiger partial charge on any atom is -0.469 e. The monoisotopic (exact) mass is 373 g/mol. The van der Waals surface area contributed by atoms with Crippen molar-refractivity contribution >= 4 is 11.9 Å². The van der Waals surface area contributed by atoms with Gasteiger partial charge in [0.1, 0.15) is 0 Å². The first kappa shape index (κ1) is 22.6. The van der Waals surface area contributed by atoms with Gasteiger partial charge < -0.3 is 15.2 Å². The Labute approximate surface area is 162 Å². The van der Waals surface area contributed by atoms with Gasteiger partial charge in [0.2, 0.25) is 5.91 Å². The summed E-state index contributed by atoms with van der Waals surface area (Å²) in [7, 11) is 1.33. The molecule has 27 heavy (non-hydrogen) atoms. The van der Waals surface area contributed by atoms with Gasteiger partial charge in [-0.3, -0.25) is 9.59 Å². The van der Waals surface area contributed by atoms with Crippen LogP contribution in [0.5, 0.6) is 0 Å². The minimum atomic E-state index is -0.496. The van der Waals surface area contributed by atoms with Crippen LogP contribution in [0, 0.1) is 11.8 Å². The van der Waals surface area contributed by atoms with Crippen molar-refractivity contribution in [1.82, 2.24) is 5.32 Å². The number of rotatable bonds is 9. The van der Waals surface area contributed by atoms with Gasteiger partial charge >= 0.3 is 5.97 Å². The van der Waals surface area contributed by atoms with E-state index in [1.807, 2.05) is 56.3 Å². The maximum atomic E-state index is 11.8. The third-order valence-electron chi connectivity index (χ3n) is 4.47. The maximum absolute atomic E-state index is 11.8. The highest BCUT2D eigenvalue weighted by molar-refractivity contribution is 5.77. The molecule has 1 amide bonds. The number of nitrogens with one attached hydrogen (secondary N) is 1. The van der Waals surface area contributed by atoms with Crippen LogP contribution in [0.15, 0.2) is 54.1 Å². The molecule has 0 fully saturated rings. The van der Waals surface area contributed by atoms with E-state index in [0.29, 0.717) is 6.42 Å². The summed E-state index contributed by atoms with van der Waals surface area (Å²) in [6.07, 6.45) is 5.72. The lowest BCUT2D eigenvalue weighted by Crippen LogP contribution is -2.40. The normalized spacial score (nSPS) is 16.4. The highest BCUT2D eigenvalue weighted by atomic mass is 16.5. The van der Waals surface area contributed by atoms with Crippen molar-refractivity contribution in [1.29, 1.82) is 0 Å². The van der Waals surface area contributed by atoms with Crippen molar-refractivity contribution in [3.63, 3.8) is 0 Å². The van der Waals surface area contributed by atoms with Gasteiger partial charge in [0.15, 0.2) is 0 Å². The largest absolute Gasteiger partial charge is 0.469 e. The van der Waals surface area contributed by atoms with Crippen LogP contribution in [0.4, 0.5) is 0 Å². The van der Waals surface area contributed by atoms with E-state index in [-0.39, 0.29) is 17.8 Å². The number of aliphatic hydroxyl groups is 1. The zero-order valence-corrected chi connectivity index (χ0v) is 16.8. The Morgan fingerprint density at radius 1 is 1.19 bits per heavy atom. The van der Waals surface area contributed by atoms with Gasteiger partial charge in [-0.1, -0.05) is 61.1 Å². The van der Waals surface area contributed by atoms with Gasteiger partial charge in [0.25, 0.3) is 0 Å². The predicted molar refractivity (Wildman–Crippen MR) is 107 cm³/mol. The second kappa shape index (κ2) is 11.3. The number of esters is 1. The van der Waals surface area contributed by atoms with Gasteiger partial charge in [-0.15, -0.1) is 0 Å². The van der Waals surface area contributed by atoms with Gasteiger partial charge in [-0.25, -0.2) is 0 Å². The van der Waals surface area contributed by atoms with E-state index in [4.69, 9.17) is 4.74 Å². The lowest BCUT2D eigenvalue weighted by atomic mass is 9.95. The van der Waals surface area contributed by atoms with Gasteiger partial charge in [0.05, 0.1) is 25.2 Å². The van der Waals surface area contributed by atoms with Gasteiger partial charge in [-0.2, -0.15) is 0 Å². The molecule has 1 rings (SSSR count). The lowest BCUT2D eigenvalue weighted by molar-refractivity contribution is -0.145. The summed E-state index contributed by atoms with van der Waals surface area (Å²) >= 11 is 0. The summed E-state index contributed by atoms with van der Waals surface area (Å²) in [6.45, 7) is 7.01. The maximum Gasteiger partial charge on any atom is 0.310 e. The van der Waals surface area contributed by atoms with Crippen LogP contribution in [0.2, 0.25) is 0 Å². The number of hydrogen-bond acceptors (Lipinski definition) is 4. The Balaban J connectivity index is 2.77. The van der Waals surface area contributed by atoms with E-state index in [9.17, 15) is 14.7 Å². The number of carbonyl (C=O) groups is 2. The van der Waals surface area contributed by atoms with Crippen molar-refractivity contribution in [2.45, 2.75) is 46.3 Å². The molecule has 4 atom stereocenters. The minimum absolute atomic E-state index is 0.0351. The fourth-order valence-electron chi connectivity index (χ4n) is 2.79. The average Bonchev–Trinajstić information content (AvgIpc) is 2.64. The van der Waals surface area contributed by atoms with E-state index in [1.54, 1.807) is 13.0 Å². The predicted octanol–water partition coefficient (Wildman–Crippen LogP) is 3.04. The molecule has 0 aliphatic rings. The summed E-state index contributed by atoms with van der Waals surface area (Å²) in [5, 5.41) is 13.2. The van der Waals surface area contributed by atoms with E-state index < -0.39 is 18.1 Å². The van der Waals surface area contributed by atoms with Gasteiger partial charge in [-0.05, 0) is 25.8 Å². The fourth-order valence-corrected chi connectivity index (χ4v) is 2.79. The molecule has 0 spiro atoms. The van der Waals surface area contributed by atoms with Crippen LogP contribution in [-0.2, 0) is 20.7 Å². The first-order chi connectivity index (χ1) is 12.7. The molecule has 0 bridgehead atoms. The summed E-state index contributed by atoms with van der Waals surface area (Å²) < 4.78 is 4.76. The zero-order chi connectivity index (χ0) is 20.4. The molecule has 0 aliphatic carbocycles. The Hall–Kier alpha value is -2.40. The lowest BCUT2D eigenvalue weighted by Gasteiger charge is -2.20. The van der Waals surface area contributed by atoms with Crippen molar-refractivity contribution in [2.24, 2.45) is 11.8 Å². The summed E-state index contributed by atoms with van der Waals surface area (Å²) in [5.41, 5.74) is 2.04. The molecule has 1 aromatic carbocycles. The summed E-state index contributed by atoms with van der Waals surface area (Å²) in [4.78, 5) is 23.2. The molecule has 0 aromatic heterocycles. The number of hydrogen-bond donors (Lipinski definition) is 2. The highest BCUT2D eigenvalue weighted by Crippen LogP contribution is 2.15. The van der Waals surface area contributed by atoms with Crippen molar-refractivity contribution < 1.29 is 19.4 Å². The second-order valence-electron chi connectivity index (χ2n) is 6.92. The van der Waals surface area contributed by atoms with E-state index in [2.05, 4.69) is 5.32 Å². The quantitative estimate of drug-likeness (QED) is 0.515. The molecule has 0 heterocycles. The number of allylic oxidation sites excluding steroid dienone is 2. The standard InChI is InChI=1S/C22H31NO4/c1-15(11-12-20(23-18(4)24)17(3)22(26)27-5)13-16(2)21(25)14-19-9-7-6-8-10-19/h6-13,16-17,20-21,25H,14H2,1-5H3,(H,23,24)/b12-11+,15-13+/t16-,17-,20?,21-/m0/s1. The molecule has 148 valence electrons. The van der Waals surface area contributed by atoms with Crippen LogP contribution in [0.3, 0.4) is 0 Å². The molecule has 5 heteroatoms. The van der Waals surface area contributed by atoms with Gasteiger partial charge in [0, 0.05) is 12.8 Å². The summed E-state index contributed by atoms with van der Waals surface area (Å²) in [6, 6.07) is 9.41. The topological polar surface area (TPSA) is 75.6 Å². The van der Waals surface area contributed by atoms with E-state index >= 15 is 0 Å². The molecule has 2 N–H and O–H groups in total. The Bertz CT molecular complexity index is 666. The van der Waals surface area contributed by atoms with Crippen LogP contribution >= 0.6 is 0 Å². The third-order valence-corrected chi connectivity index (χ3v) is 4.47. The van der Waals surface area contributed by atoms with Crippen LogP contribution in [-0.4, -0.2) is 36.2 Å². The second-order valence-corrected chi connectivity index (χ2v) is 6.92. The molecule has 1 aromatic rings. The Morgan fingerprint density at radius 2 is 1.81 bits per heavy atom. The molecule has 1 unspecified atom stereocenters. The van der Waals surface area contributed by atoms with Crippen LogP contribution in [0.1, 0.15) is 33.3 Å². The first-order valence-corrected chi connectivity index (χ1v) is 9.18. The van der Waals surface area contributed by atoms with E-state index in [0.717, 1.165) is 11.1 Å². The zero-order valence-electron chi connectivity index (χ0n) is 16.8. The highest BCUT2D eigenvalue weighted by Gasteiger charge is 2.23. The Morgan fingerprint density at radius 3 is 2.37 bits per heavy atom. The number of amides is 1. The van der Waals surface area contributed by atoms with Crippen molar-refractivity contribution in [3.05, 3.63) is 59.7 Å². The molecule has 0 saturated heterocycles. The Kier molecular flexibility index (Phi) is 9.51. The van der Waals surface area contributed by atoms with Crippen molar-refractivity contribution in [2.75, 3.05) is 7.11 Å². The molecule has 0 radical (unpaired) electrons. The number of methoxy groups -OCH3 is 1. The molecule has 5 nitrogen and oxygen atoms in total. The smallest absolute Gasteiger partial charge is 0.310 e. The number of carbonyl (C=O) groups excluding carboxylic acids is 2. The number of benzene rings is 1. The molecule has 0 aliphatic heterocycles. The molecule has 0 saturated carbocycles. The van der Waals surface area contributed by atoms with Crippen LogP contribution in [0.25, 0.3) is 0 Å². The van der Waals surface area contributed by atoms with Crippen molar-refractivity contribution in [3.8, 4) is 0 Å². The van der Waals surface area contributed by atoms with E-state index in [1.165, 1.54) is 14.0 Å². The number of aliphatic hydroxyl groups excluding tert-OH is 1. The fraction of sp³-hybridized carbons (Fsp3) is 0.455. The first-order valence-electron chi connectivity index (χ1n) is 9.18. The number of ether oxygens (including phenoxy) is 1. The summed E-state index contributed by atoms with van der Waals surface area (Å²) in [5.74, 6) is -1.13. The third kappa shape index (κ3) is 8.22. The van der Waals surface area contributed by atoms with Crippen LogP contribution < -0.4 is 5.32 Å². The average molecular weight is 373 g/mol. The SMILES string of the molecule is COC(=O)[C@@H](C)C(/C=C/C(C)=C/[C@H](C)[C@@H](O)Cc1ccccc1)NC(C)=O.